The van der Waals surface area contributed by atoms with Gasteiger partial charge in [0.2, 0.25) is 5.82 Å². The second-order valence-corrected chi connectivity index (χ2v) is 4.30. The molecule has 5 heteroatoms. The van der Waals surface area contributed by atoms with Crippen LogP contribution in [-0.2, 0) is 0 Å². The molecule has 0 saturated heterocycles. The van der Waals surface area contributed by atoms with Gasteiger partial charge in [0, 0.05) is 25.4 Å². The molecule has 0 N–H and O–H groups in total. The third-order valence-corrected chi connectivity index (χ3v) is 2.83. The highest BCUT2D eigenvalue weighted by Crippen LogP contribution is 2.25. The van der Waals surface area contributed by atoms with E-state index in [0.29, 0.717) is 5.82 Å². The monoisotopic (exact) mass is 251 g/mol. The normalized spacial score (nSPS) is 10.3. The van der Waals surface area contributed by atoms with Crippen LogP contribution in [0.15, 0.2) is 18.3 Å². The van der Waals surface area contributed by atoms with Crippen LogP contribution in [-0.4, -0.2) is 23.0 Å². The summed E-state index contributed by atoms with van der Waals surface area (Å²) >= 11 is 0. The molecule has 100 valence electrons. The van der Waals surface area contributed by atoms with Crippen molar-refractivity contribution in [1.82, 2.24) is 4.98 Å². The van der Waals surface area contributed by atoms with E-state index in [4.69, 9.17) is 0 Å². The zero-order chi connectivity index (χ0) is 13.4. The largest absolute Gasteiger partial charge is 0.351 e. The molecule has 5 nitrogen and oxygen atoms in total. The predicted octanol–water partition coefficient (Wildman–Crippen LogP) is 3.40. The number of nitro groups is 1. The number of unbranched alkanes of at least 4 members (excludes halogenated alkanes) is 2. The molecule has 0 aliphatic rings. The second-order valence-electron chi connectivity index (χ2n) is 4.30. The molecule has 18 heavy (non-hydrogen) atoms. The standard InChI is InChI=1S/C13H21N3O2/c1-3-5-10-15(11-6-4-2)13-12(16(17)18)8-7-9-14-13/h7-9H,3-6,10-11H2,1-2H3. The highest BCUT2D eigenvalue weighted by molar-refractivity contribution is 5.57. The van der Waals surface area contributed by atoms with Crippen LogP contribution in [0, 0.1) is 10.1 Å². The van der Waals surface area contributed by atoms with Crippen molar-refractivity contribution < 1.29 is 4.92 Å². The first-order valence-electron chi connectivity index (χ1n) is 6.55. The van der Waals surface area contributed by atoms with E-state index in [1.54, 1.807) is 12.3 Å². The summed E-state index contributed by atoms with van der Waals surface area (Å²) < 4.78 is 0. The van der Waals surface area contributed by atoms with E-state index in [-0.39, 0.29) is 10.6 Å². The Hall–Kier alpha value is -1.65. The number of hydrogen-bond donors (Lipinski definition) is 0. The second kappa shape index (κ2) is 7.63. The van der Waals surface area contributed by atoms with Crippen molar-refractivity contribution in [2.45, 2.75) is 39.5 Å². The lowest BCUT2D eigenvalue weighted by atomic mass is 10.2. The first-order valence-corrected chi connectivity index (χ1v) is 6.55. The van der Waals surface area contributed by atoms with Crippen molar-refractivity contribution in [3.05, 3.63) is 28.4 Å². The summed E-state index contributed by atoms with van der Waals surface area (Å²) in [6.07, 6.45) is 5.81. The van der Waals surface area contributed by atoms with Crippen molar-refractivity contribution in [2.24, 2.45) is 0 Å². The molecule has 0 spiro atoms. The minimum absolute atomic E-state index is 0.102. The minimum Gasteiger partial charge on any atom is -0.351 e. The lowest BCUT2D eigenvalue weighted by Gasteiger charge is -2.22. The Kier molecular flexibility index (Phi) is 6.11. The fourth-order valence-corrected chi connectivity index (χ4v) is 1.80. The van der Waals surface area contributed by atoms with Crippen molar-refractivity contribution in [1.29, 1.82) is 0 Å². The molecule has 0 fully saturated rings. The molecule has 0 aliphatic carbocycles. The number of aromatic nitrogens is 1. The maximum absolute atomic E-state index is 11.0. The van der Waals surface area contributed by atoms with Gasteiger partial charge in [-0.2, -0.15) is 0 Å². The van der Waals surface area contributed by atoms with Gasteiger partial charge in [0.15, 0.2) is 0 Å². The quantitative estimate of drug-likeness (QED) is 0.525. The van der Waals surface area contributed by atoms with Crippen LogP contribution in [0.3, 0.4) is 0 Å². The lowest BCUT2D eigenvalue weighted by molar-refractivity contribution is -0.384. The predicted molar refractivity (Wildman–Crippen MR) is 72.9 cm³/mol. The van der Waals surface area contributed by atoms with Gasteiger partial charge in [-0.1, -0.05) is 26.7 Å². The highest BCUT2D eigenvalue weighted by atomic mass is 16.6. The Bertz CT molecular complexity index is 374. The van der Waals surface area contributed by atoms with Gasteiger partial charge in [-0.25, -0.2) is 4.98 Å². The zero-order valence-electron chi connectivity index (χ0n) is 11.1. The zero-order valence-corrected chi connectivity index (χ0v) is 11.1. The SMILES string of the molecule is CCCCN(CCCC)c1ncccc1[N+](=O)[O-]. The fraction of sp³-hybridized carbons (Fsp3) is 0.615. The van der Waals surface area contributed by atoms with Crippen molar-refractivity contribution in [2.75, 3.05) is 18.0 Å². The average molecular weight is 251 g/mol. The molecule has 0 atom stereocenters. The molecule has 1 heterocycles. The Labute approximate surface area is 108 Å². The number of hydrogen-bond acceptors (Lipinski definition) is 4. The molecule has 0 saturated carbocycles. The lowest BCUT2D eigenvalue weighted by Crippen LogP contribution is -2.27. The summed E-state index contributed by atoms with van der Waals surface area (Å²) in [6, 6.07) is 3.13. The molecule has 0 aromatic carbocycles. The van der Waals surface area contributed by atoms with Gasteiger partial charge in [0.25, 0.3) is 0 Å². The molecule has 1 aromatic rings. The molecule has 0 bridgehead atoms. The van der Waals surface area contributed by atoms with Crippen LogP contribution in [0.5, 0.6) is 0 Å². The molecule has 1 rings (SSSR count). The average Bonchev–Trinajstić information content (AvgIpc) is 2.39. The van der Waals surface area contributed by atoms with Gasteiger partial charge in [-0.3, -0.25) is 10.1 Å². The van der Waals surface area contributed by atoms with Gasteiger partial charge < -0.3 is 4.90 Å². The third kappa shape index (κ3) is 3.98. The van der Waals surface area contributed by atoms with Crippen LogP contribution in [0.25, 0.3) is 0 Å². The highest BCUT2D eigenvalue weighted by Gasteiger charge is 2.19. The first-order chi connectivity index (χ1) is 8.70. The van der Waals surface area contributed by atoms with Crippen LogP contribution in [0.4, 0.5) is 11.5 Å². The summed E-state index contributed by atoms with van der Waals surface area (Å²) in [5.74, 6) is 0.504. The van der Waals surface area contributed by atoms with E-state index >= 15 is 0 Å². The number of rotatable bonds is 8. The minimum atomic E-state index is -0.354. The van der Waals surface area contributed by atoms with Crippen LogP contribution in [0.1, 0.15) is 39.5 Å². The van der Waals surface area contributed by atoms with Crippen molar-refractivity contribution in [3.63, 3.8) is 0 Å². The van der Waals surface area contributed by atoms with E-state index in [9.17, 15) is 10.1 Å². The Morgan fingerprint density at radius 2 is 1.89 bits per heavy atom. The summed E-state index contributed by atoms with van der Waals surface area (Å²) in [7, 11) is 0. The summed E-state index contributed by atoms with van der Waals surface area (Å²) in [5, 5.41) is 11.0. The molecule has 0 unspecified atom stereocenters. The van der Waals surface area contributed by atoms with E-state index in [1.807, 2.05) is 4.90 Å². The van der Waals surface area contributed by atoms with Crippen LogP contribution < -0.4 is 4.90 Å². The Morgan fingerprint density at radius 3 is 2.39 bits per heavy atom. The number of nitrogens with zero attached hydrogens (tertiary/aromatic N) is 3. The molecular weight excluding hydrogens is 230 g/mol. The fourth-order valence-electron chi connectivity index (χ4n) is 1.80. The van der Waals surface area contributed by atoms with Gasteiger partial charge in [-0.05, 0) is 18.9 Å². The van der Waals surface area contributed by atoms with Crippen LogP contribution >= 0.6 is 0 Å². The Morgan fingerprint density at radius 1 is 1.28 bits per heavy atom. The van der Waals surface area contributed by atoms with Gasteiger partial charge in [-0.15, -0.1) is 0 Å². The smallest absolute Gasteiger partial charge is 0.311 e. The third-order valence-electron chi connectivity index (χ3n) is 2.83. The van der Waals surface area contributed by atoms with E-state index in [0.717, 1.165) is 38.8 Å². The molecule has 0 aliphatic heterocycles. The van der Waals surface area contributed by atoms with Crippen molar-refractivity contribution in [3.8, 4) is 0 Å². The molecule has 1 aromatic heterocycles. The van der Waals surface area contributed by atoms with Gasteiger partial charge in [0.05, 0.1) is 4.92 Å². The van der Waals surface area contributed by atoms with E-state index in [1.165, 1.54) is 6.07 Å². The van der Waals surface area contributed by atoms with Gasteiger partial charge >= 0.3 is 5.69 Å². The maximum Gasteiger partial charge on any atom is 0.311 e. The maximum atomic E-state index is 11.0. The molecule has 0 amide bonds. The summed E-state index contributed by atoms with van der Waals surface area (Å²) in [5.41, 5.74) is 0.102. The van der Waals surface area contributed by atoms with Crippen LogP contribution in [0.2, 0.25) is 0 Å². The molecular formula is C13H21N3O2. The summed E-state index contributed by atoms with van der Waals surface area (Å²) in [4.78, 5) is 16.9. The van der Waals surface area contributed by atoms with Crippen molar-refractivity contribution >= 4 is 11.5 Å². The number of pyridine rings is 1. The molecule has 0 radical (unpaired) electrons. The summed E-state index contributed by atoms with van der Waals surface area (Å²) in [6.45, 7) is 5.89. The van der Waals surface area contributed by atoms with E-state index < -0.39 is 0 Å². The van der Waals surface area contributed by atoms with Gasteiger partial charge in [0.1, 0.15) is 0 Å². The first kappa shape index (κ1) is 14.4. The Balaban J connectivity index is 2.92. The topological polar surface area (TPSA) is 59.3 Å². The van der Waals surface area contributed by atoms with E-state index in [2.05, 4.69) is 18.8 Å². The number of anilines is 1.